The third kappa shape index (κ3) is 4.93. The van der Waals surface area contributed by atoms with E-state index in [-0.39, 0.29) is 6.61 Å². The molecule has 15 heavy (non-hydrogen) atoms. The van der Waals surface area contributed by atoms with E-state index in [2.05, 4.69) is 17.4 Å². The third-order valence-electron chi connectivity index (χ3n) is 2.45. The maximum atomic E-state index is 8.69. The van der Waals surface area contributed by atoms with Crippen LogP contribution in [0.5, 0.6) is 0 Å². The fourth-order valence-corrected chi connectivity index (χ4v) is 1.56. The molecule has 0 aromatic heterocycles. The Kier molecular flexibility index (Phi) is 6.00. The van der Waals surface area contributed by atoms with Gasteiger partial charge in [0.25, 0.3) is 0 Å². The molecule has 0 heterocycles. The lowest BCUT2D eigenvalue weighted by Crippen LogP contribution is -2.38. The van der Waals surface area contributed by atoms with Crippen molar-refractivity contribution in [3.05, 3.63) is 35.9 Å². The van der Waals surface area contributed by atoms with Gasteiger partial charge >= 0.3 is 0 Å². The van der Waals surface area contributed by atoms with Gasteiger partial charge in [0, 0.05) is 19.1 Å². The predicted octanol–water partition coefficient (Wildman–Crippen LogP) is 0.528. The van der Waals surface area contributed by atoms with Gasteiger partial charge in [-0.2, -0.15) is 0 Å². The van der Waals surface area contributed by atoms with E-state index in [4.69, 9.17) is 10.8 Å². The number of nitrogens with two attached hydrogens (primary N) is 1. The Morgan fingerprint density at radius 1 is 1.27 bits per heavy atom. The van der Waals surface area contributed by atoms with Crippen molar-refractivity contribution in [2.45, 2.75) is 18.9 Å². The molecule has 0 aliphatic carbocycles. The second kappa shape index (κ2) is 7.40. The first-order valence-corrected chi connectivity index (χ1v) is 5.45. The fourth-order valence-electron chi connectivity index (χ4n) is 1.56. The van der Waals surface area contributed by atoms with Crippen molar-refractivity contribution in [1.29, 1.82) is 0 Å². The van der Waals surface area contributed by atoms with E-state index in [0.29, 0.717) is 19.1 Å². The monoisotopic (exact) mass is 208 g/mol. The Morgan fingerprint density at radius 2 is 2.00 bits per heavy atom. The maximum absolute atomic E-state index is 8.69. The first-order valence-electron chi connectivity index (χ1n) is 5.45. The van der Waals surface area contributed by atoms with E-state index in [1.165, 1.54) is 5.56 Å². The number of benzene rings is 1. The molecule has 84 valence electrons. The van der Waals surface area contributed by atoms with Gasteiger partial charge in [-0.3, -0.25) is 0 Å². The van der Waals surface area contributed by atoms with Crippen molar-refractivity contribution in [1.82, 2.24) is 5.32 Å². The second-order valence-corrected chi connectivity index (χ2v) is 3.63. The maximum Gasteiger partial charge on any atom is 0.0556 e. The molecular weight excluding hydrogens is 188 g/mol. The zero-order chi connectivity index (χ0) is 10.9. The summed E-state index contributed by atoms with van der Waals surface area (Å²) < 4.78 is 0. The molecule has 0 aliphatic heterocycles. The SMILES string of the molecule is NCC(CCc1ccccc1)NCCO. The van der Waals surface area contributed by atoms with E-state index in [1.54, 1.807) is 0 Å². The van der Waals surface area contributed by atoms with E-state index in [0.717, 1.165) is 12.8 Å². The first kappa shape index (κ1) is 12.2. The fraction of sp³-hybridized carbons (Fsp3) is 0.500. The summed E-state index contributed by atoms with van der Waals surface area (Å²) >= 11 is 0. The molecule has 3 heteroatoms. The molecule has 0 spiro atoms. The van der Waals surface area contributed by atoms with Crippen LogP contribution in [0.3, 0.4) is 0 Å². The zero-order valence-electron chi connectivity index (χ0n) is 9.02. The molecular formula is C12H20N2O. The van der Waals surface area contributed by atoms with Gasteiger partial charge in [-0.05, 0) is 18.4 Å². The van der Waals surface area contributed by atoms with Crippen LogP contribution in [-0.2, 0) is 6.42 Å². The van der Waals surface area contributed by atoms with E-state index in [9.17, 15) is 0 Å². The van der Waals surface area contributed by atoms with Gasteiger partial charge in [-0.25, -0.2) is 0 Å². The number of rotatable bonds is 7. The summed E-state index contributed by atoms with van der Waals surface area (Å²) in [5.41, 5.74) is 6.97. The Bertz CT molecular complexity index is 251. The van der Waals surface area contributed by atoms with Crippen molar-refractivity contribution < 1.29 is 5.11 Å². The average molecular weight is 208 g/mol. The summed E-state index contributed by atoms with van der Waals surface area (Å²) in [5.74, 6) is 0. The third-order valence-corrected chi connectivity index (χ3v) is 2.45. The van der Waals surface area contributed by atoms with Crippen LogP contribution in [0.15, 0.2) is 30.3 Å². The molecule has 1 aromatic rings. The Hall–Kier alpha value is -0.900. The molecule has 4 N–H and O–H groups in total. The van der Waals surface area contributed by atoms with Gasteiger partial charge in [0.1, 0.15) is 0 Å². The van der Waals surface area contributed by atoms with Crippen molar-refractivity contribution in [3.63, 3.8) is 0 Å². The number of nitrogens with one attached hydrogen (secondary N) is 1. The zero-order valence-corrected chi connectivity index (χ0v) is 9.02. The number of hydrogen-bond acceptors (Lipinski definition) is 3. The van der Waals surface area contributed by atoms with Crippen LogP contribution < -0.4 is 11.1 Å². The van der Waals surface area contributed by atoms with Crippen LogP contribution in [0.25, 0.3) is 0 Å². The molecule has 3 nitrogen and oxygen atoms in total. The lowest BCUT2D eigenvalue weighted by Gasteiger charge is -2.15. The highest BCUT2D eigenvalue weighted by atomic mass is 16.3. The molecule has 0 amide bonds. The minimum atomic E-state index is 0.168. The molecule has 0 aliphatic rings. The molecule has 0 radical (unpaired) electrons. The number of hydrogen-bond donors (Lipinski definition) is 3. The highest BCUT2D eigenvalue weighted by Crippen LogP contribution is 2.04. The van der Waals surface area contributed by atoms with Gasteiger partial charge in [0.2, 0.25) is 0 Å². The predicted molar refractivity (Wildman–Crippen MR) is 62.7 cm³/mol. The van der Waals surface area contributed by atoms with Crippen molar-refractivity contribution in [2.24, 2.45) is 5.73 Å². The smallest absolute Gasteiger partial charge is 0.0556 e. The molecule has 0 fully saturated rings. The van der Waals surface area contributed by atoms with Crippen LogP contribution in [0.2, 0.25) is 0 Å². The second-order valence-electron chi connectivity index (χ2n) is 3.63. The number of aryl methyl sites for hydroxylation is 1. The molecule has 0 saturated heterocycles. The Labute approximate surface area is 91.3 Å². The minimum Gasteiger partial charge on any atom is -0.395 e. The summed E-state index contributed by atoms with van der Waals surface area (Å²) in [7, 11) is 0. The molecule has 1 aromatic carbocycles. The topological polar surface area (TPSA) is 58.3 Å². The summed E-state index contributed by atoms with van der Waals surface area (Å²) in [4.78, 5) is 0. The molecule has 1 rings (SSSR count). The summed E-state index contributed by atoms with van der Waals surface area (Å²) in [6, 6.07) is 10.7. The van der Waals surface area contributed by atoms with Crippen molar-refractivity contribution >= 4 is 0 Å². The highest BCUT2D eigenvalue weighted by molar-refractivity contribution is 5.14. The van der Waals surface area contributed by atoms with Crippen LogP contribution in [0.1, 0.15) is 12.0 Å². The largest absolute Gasteiger partial charge is 0.395 e. The molecule has 1 atom stereocenters. The number of aliphatic hydroxyl groups is 1. The summed E-state index contributed by atoms with van der Waals surface area (Å²) in [6.45, 7) is 1.41. The van der Waals surface area contributed by atoms with Gasteiger partial charge in [-0.15, -0.1) is 0 Å². The standard InChI is InChI=1S/C12H20N2O/c13-10-12(14-8-9-15)7-6-11-4-2-1-3-5-11/h1-5,12,14-15H,6-10,13H2. The van der Waals surface area contributed by atoms with Crippen molar-refractivity contribution in [2.75, 3.05) is 19.7 Å². The lowest BCUT2D eigenvalue weighted by atomic mass is 10.1. The first-order chi connectivity index (χ1) is 7.36. The minimum absolute atomic E-state index is 0.168. The summed E-state index contributed by atoms with van der Waals surface area (Å²) in [5, 5.41) is 11.9. The van der Waals surface area contributed by atoms with Crippen molar-refractivity contribution in [3.8, 4) is 0 Å². The molecule has 1 unspecified atom stereocenters. The quantitative estimate of drug-likeness (QED) is 0.612. The van der Waals surface area contributed by atoms with Crippen LogP contribution in [-0.4, -0.2) is 30.8 Å². The van der Waals surface area contributed by atoms with Gasteiger partial charge in [-0.1, -0.05) is 30.3 Å². The molecule has 0 bridgehead atoms. The normalized spacial score (nSPS) is 12.7. The van der Waals surface area contributed by atoms with Crippen LogP contribution in [0.4, 0.5) is 0 Å². The van der Waals surface area contributed by atoms with Crippen LogP contribution >= 0.6 is 0 Å². The van der Waals surface area contributed by atoms with Gasteiger partial charge in [0.05, 0.1) is 6.61 Å². The van der Waals surface area contributed by atoms with Gasteiger partial charge in [0.15, 0.2) is 0 Å². The Balaban J connectivity index is 2.28. The molecule has 0 saturated carbocycles. The average Bonchev–Trinajstić information content (AvgIpc) is 2.31. The summed E-state index contributed by atoms with van der Waals surface area (Å²) in [6.07, 6.45) is 2.04. The van der Waals surface area contributed by atoms with E-state index in [1.807, 2.05) is 18.2 Å². The Morgan fingerprint density at radius 3 is 2.60 bits per heavy atom. The van der Waals surface area contributed by atoms with Crippen LogP contribution in [0, 0.1) is 0 Å². The van der Waals surface area contributed by atoms with E-state index >= 15 is 0 Å². The number of aliphatic hydroxyl groups excluding tert-OH is 1. The lowest BCUT2D eigenvalue weighted by molar-refractivity contribution is 0.282. The highest BCUT2D eigenvalue weighted by Gasteiger charge is 2.04. The van der Waals surface area contributed by atoms with E-state index < -0.39 is 0 Å². The van der Waals surface area contributed by atoms with Gasteiger partial charge < -0.3 is 16.2 Å².